The van der Waals surface area contributed by atoms with E-state index in [1.807, 2.05) is 0 Å². The lowest BCUT2D eigenvalue weighted by Gasteiger charge is -2.17. The lowest BCUT2D eigenvalue weighted by Crippen LogP contribution is -2.27. The van der Waals surface area contributed by atoms with E-state index < -0.39 is 6.04 Å². The van der Waals surface area contributed by atoms with E-state index in [0.29, 0.717) is 22.7 Å². The first-order valence-electron chi connectivity index (χ1n) is 6.15. The van der Waals surface area contributed by atoms with Crippen LogP contribution in [0.3, 0.4) is 0 Å². The summed E-state index contributed by atoms with van der Waals surface area (Å²) < 4.78 is 18.1. The maximum Gasteiger partial charge on any atom is 0.253 e. The molecule has 0 saturated carbocycles. The number of fused-ring (bicyclic) bond motifs is 1. The fourth-order valence-corrected chi connectivity index (χ4v) is 2.36. The molecule has 21 heavy (non-hydrogen) atoms. The van der Waals surface area contributed by atoms with Gasteiger partial charge in [0.15, 0.2) is 0 Å². The highest BCUT2D eigenvalue weighted by Crippen LogP contribution is 2.41. The Labute approximate surface area is 127 Å². The number of halogens is 2. The van der Waals surface area contributed by atoms with Gasteiger partial charge in [-0.25, -0.2) is 4.39 Å². The van der Waals surface area contributed by atoms with Gasteiger partial charge in [0, 0.05) is 11.3 Å². The van der Waals surface area contributed by atoms with Crippen LogP contribution >= 0.6 is 12.4 Å². The van der Waals surface area contributed by atoms with E-state index in [9.17, 15) is 9.18 Å². The van der Waals surface area contributed by atoms with E-state index in [0.717, 1.165) is 0 Å². The summed E-state index contributed by atoms with van der Waals surface area (Å²) in [6, 6.07) is 10.3. The zero-order valence-electron chi connectivity index (χ0n) is 11.2. The molecule has 0 aromatic heterocycles. The Bertz CT molecular complexity index is 676. The zero-order chi connectivity index (χ0) is 14.3. The minimum absolute atomic E-state index is 0. The molecule has 0 radical (unpaired) electrons. The first-order valence-corrected chi connectivity index (χ1v) is 6.15. The van der Waals surface area contributed by atoms with Crippen LogP contribution in [0.2, 0.25) is 0 Å². The number of amides is 1. The van der Waals surface area contributed by atoms with Crippen LogP contribution in [0.1, 0.15) is 11.6 Å². The Morgan fingerprint density at radius 2 is 1.86 bits per heavy atom. The molecule has 4 nitrogen and oxygen atoms in total. The molecule has 110 valence electrons. The van der Waals surface area contributed by atoms with E-state index >= 15 is 0 Å². The second-order valence-corrected chi connectivity index (χ2v) is 4.55. The minimum atomic E-state index is -0.731. The van der Waals surface area contributed by atoms with Crippen molar-refractivity contribution in [3.8, 4) is 5.75 Å². The van der Waals surface area contributed by atoms with Crippen LogP contribution < -0.4 is 15.4 Å². The van der Waals surface area contributed by atoms with Crippen LogP contribution in [0, 0.1) is 5.82 Å². The van der Waals surface area contributed by atoms with Crippen LogP contribution in [-0.2, 0) is 4.79 Å². The third-order valence-corrected chi connectivity index (χ3v) is 3.38. The maximum absolute atomic E-state index is 13.0. The van der Waals surface area contributed by atoms with E-state index in [1.165, 1.54) is 17.0 Å². The summed E-state index contributed by atoms with van der Waals surface area (Å²) in [6.45, 7) is 0. The van der Waals surface area contributed by atoms with Crippen molar-refractivity contribution < 1.29 is 13.9 Å². The normalized spacial score (nSPS) is 16.4. The molecule has 0 saturated heterocycles. The van der Waals surface area contributed by atoms with Crippen molar-refractivity contribution in [2.75, 3.05) is 12.0 Å². The zero-order valence-corrected chi connectivity index (χ0v) is 12.1. The fraction of sp³-hybridized carbons (Fsp3) is 0.133. The molecule has 3 rings (SSSR count). The third-order valence-electron chi connectivity index (χ3n) is 3.38. The van der Waals surface area contributed by atoms with Crippen molar-refractivity contribution in [3.05, 3.63) is 53.8 Å². The van der Waals surface area contributed by atoms with Crippen molar-refractivity contribution in [1.82, 2.24) is 0 Å². The Morgan fingerprint density at radius 1 is 1.19 bits per heavy atom. The molecule has 2 N–H and O–H groups in total. The predicted octanol–water partition coefficient (Wildman–Crippen LogP) is 2.93. The summed E-state index contributed by atoms with van der Waals surface area (Å²) in [7, 11) is 1.56. The molecule has 1 unspecified atom stereocenters. The highest BCUT2D eigenvalue weighted by atomic mass is 35.5. The highest BCUT2D eigenvalue weighted by Gasteiger charge is 2.36. The third kappa shape index (κ3) is 2.46. The minimum Gasteiger partial charge on any atom is -0.497 e. The van der Waals surface area contributed by atoms with E-state index in [-0.39, 0.29) is 24.1 Å². The molecule has 0 aliphatic carbocycles. The fourth-order valence-electron chi connectivity index (χ4n) is 2.36. The monoisotopic (exact) mass is 308 g/mol. The number of benzene rings is 2. The molecule has 2 aromatic carbocycles. The number of carbonyl (C=O) groups excluding carboxylic acids is 1. The van der Waals surface area contributed by atoms with Gasteiger partial charge in [0.2, 0.25) is 0 Å². The average Bonchev–Trinajstić information content (AvgIpc) is 2.72. The number of nitrogens with zero attached hydrogens (tertiary/aromatic N) is 1. The lowest BCUT2D eigenvalue weighted by molar-refractivity contribution is -0.118. The molecule has 1 amide bonds. The van der Waals surface area contributed by atoms with Crippen LogP contribution in [0.5, 0.6) is 5.75 Å². The Morgan fingerprint density at radius 3 is 2.48 bits per heavy atom. The predicted molar refractivity (Wildman–Crippen MR) is 80.7 cm³/mol. The molecule has 1 heterocycles. The molecular formula is C15H14ClFN2O2. The van der Waals surface area contributed by atoms with Gasteiger partial charge >= 0.3 is 0 Å². The molecule has 1 atom stereocenters. The second kappa shape index (κ2) is 5.71. The SMILES string of the molecule is COc1ccc2c(c1)C(N)C(=O)N2c1ccc(F)cc1.Cl. The number of hydrogen-bond acceptors (Lipinski definition) is 3. The summed E-state index contributed by atoms with van der Waals surface area (Å²) in [4.78, 5) is 13.8. The van der Waals surface area contributed by atoms with Crippen molar-refractivity contribution >= 4 is 29.7 Å². The van der Waals surface area contributed by atoms with Crippen molar-refractivity contribution in [1.29, 1.82) is 0 Å². The van der Waals surface area contributed by atoms with Gasteiger partial charge in [-0.05, 0) is 42.5 Å². The van der Waals surface area contributed by atoms with Gasteiger partial charge in [0.05, 0.1) is 12.8 Å². The Kier molecular flexibility index (Phi) is 4.16. The number of methoxy groups -OCH3 is 1. The maximum atomic E-state index is 13.0. The van der Waals surface area contributed by atoms with Gasteiger partial charge in [-0.2, -0.15) is 0 Å². The lowest BCUT2D eigenvalue weighted by atomic mass is 10.1. The average molecular weight is 309 g/mol. The van der Waals surface area contributed by atoms with Gasteiger partial charge in [0.1, 0.15) is 17.6 Å². The van der Waals surface area contributed by atoms with Crippen LogP contribution in [-0.4, -0.2) is 13.0 Å². The Hall–Kier alpha value is -2.11. The summed E-state index contributed by atoms with van der Waals surface area (Å²) in [5.41, 5.74) is 7.95. The number of ether oxygens (including phenoxy) is 1. The van der Waals surface area contributed by atoms with Gasteiger partial charge in [-0.15, -0.1) is 12.4 Å². The van der Waals surface area contributed by atoms with E-state index in [1.54, 1.807) is 37.4 Å². The molecule has 0 fully saturated rings. The smallest absolute Gasteiger partial charge is 0.253 e. The number of rotatable bonds is 2. The quantitative estimate of drug-likeness (QED) is 0.928. The molecule has 0 bridgehead atoms. The van der Waals surface area contributed by atoms with Crippen molar-refractivity contribution in [2.24, 2.45) is 5.73 Å². The molecular weight excluding hydrogens is 295 g/mol. The van der Waals surface area contributed by atoms with Gasteiger partial charge < -0.3 is 10.5 Å². The summed E-state index contributed by atoms with van der Waals surface area (Å²) in [5, 5.41) is 0. The van der Waals surface area contributed by atoms with Crippen molar-refractivity contribution in [3.63, 3.8) is 0 Å². The standard InChI is InChI=1S/C15H13FN2O2.ClH/c1-20-11-6-7-13-12(8-11)14(17)15(19)18(13)10-4-2-9(16)3-5-10;/h2-8,14H,17H2,1H3;1H. The van der Waals surface area contributed by atoms with Crippen LogP contribution in [0.25, 0.3) is 0 Å². The van der Waals surface area contributed by atoms with Crippen LogP contribution in [0.4, 0.5) is 15.8 Å². The Balaban J connectivity index is 0.00000161. The summed E-state index contributed by atoms with van der Waals surface area (Å²) >= 11 is 0. The first kappa shape index (κ1) is 15.3. The molecule has 6 heteroatoms. The van der Waals surface area contributed by atoms with E-state index in [2.05, 4.69) is 0 Å². The van der Waals surface area contributed by atoms with Crippen LogP contribution in [0.15, 0.2) is 42.5 Å². The molecule has 0 spiro atoms. The highest BCUT2D eigenvalue weighted by molar-refractivity contribution is 6.10. The van der Waals surface area contributed by atoms with Gasteiger partial charge in [0.25, 0.3) is 5.91 Å². The summed E-state index contributed by atoms with van der Waals surface area (Å²) in [5.74, 6) is 0.0625. The summed E-state index contributed by atoms with van der Waals surface area (Å²) in [6.07, 6.45) is 0. The van der Waals surface area contributed by atoms with Gasteiger partial charge in [-0.3, -0.25) is 9.69 Å². The number of nitrogens with two attached hydrogens (primary N) is 1. The number of hydrogen-bond donors (Lipinski definition) is 1. The van der Waals surface area contributed by atoms with E-state index in [4.69, 9.17) is 10.5 Å². The number of anilines is 2. The van der Waals surface area contributed by atoms with Crippen molar-refractivity contribution in [2.45, 2.75) is 6.04 Å². The topological polar surface area (TPSA) is 55.6 Å². The molecule has 1 aliphatic rings. The number of carbonyl (C=O) groups is 1. The van der Waals surface area contributed by atoms with Gasteiger partial charge in [-0.1, -0.05) is 0 Å². The molecule has 2 aromatic rings. The largest absolute Gasteiger partial charge is 0.497 e. The first-order chi connectivity index (χ1) is 9.61. The second-order valence-electron chi connectivity index (χ2n) is 4.55. The molecule has 1 aliphatic heterocycles.